The summed E-state index contributed by atoms with van der Waals surface area (Å²) in [5.74, 6) is -1.33. The van der Waals surface area contributed by atoms with Gasteiger partial charge in [0.25, 0.3) is 5.56 Å². The summed E-state index contributed by atoms with van der Waals surface area (Å²) in [6.07, 6.45) is 0. The second kappa shape index (κ2) is 6.75. The minimum Gasteiger partial charge on any atom is -0.549 e. The number of rotatable bonds is 4. The molecule has 0 N–H and O–H groups in total. The van der Waals surface area contributed by atoms with E-state index in [0.29, 0.717) is 5.82 Å². The first-order valence-corrected chi connectivity index (χ1v) is 8.66. The van der Waals surface area contributed by atoms with Crippen molar-refractivity contribution in [2.45, 2.75) is 11.9 Å². The molecule has 3 rings (SSSR count). The van der Waals surface area contributed by atoms with Gasteiger partial charge in [0.1, 0.15) is 10.4 Å². The van der Waals surface area contributed by atoms with Gasteiger partial charge >= 0.3 is 5.69 Å². The predicted molar refractivity (Wildman–Crippen MR) is 95.9 cm³/mol. The van der Waals surface area contributed by atoms with Gasteiger partial charge in [0.2, 0.25) is 0 Å². The van der Waals surface area contributed by atoms with E-state index in [1.165, 1.54) is 18.7 Å². The molecule has 0 saturated heterocycles. The fourth-order valence-corrected chi connectivity index (χ4v) is 3.33. The number of benzene rings is 1. The van der Waals surface area contributed by atoms with Crippen molar-refractivity contribution in [3.63, 3.8) is 0 Å². The van der Waals surface area contributed by atoms with Crippen LogP contribution in [0.1, 0.15) is 5.56 Å². The summed E-state index contributed by atoms with van der Waals surface area (Å²) in [6.45, 7) is 1.89. The zero-order chi connectivity index (χ0) is 19.0. The standard InChI is InChI=1S/C17H16N4O4S/c1-9-6-4-5-7-10(9)13-18-14-12(15(19-13)26-8-11(22)23)16(24)21(3)17(25)20(14)2/h4-7H,8H2,1-3H3,(H,22,23)/p-1. The summed E-state index contributed by atoms with van der Waals surface area (Å²) in [4.78, 5) is 44.5. The Morgan fingerprint density at radius 3 is 2.50 bits per heavy atom. The van der Waals surface area contributed by atoms with E-state index in [0.717, 1.165) is 27.5 Å². The second-order valence-electron chi connectivity index (χ2n) is 5.73. The topological polar surface area (TPSA) is 110 Å². The molecular formula is C17H15N4O4S-. The number of carboxylic acid groups (broad SMARTS) is 1. The third-order valence-electron chi connectivity index (χ3n) is 3.98. The fourth-order valence-electron chi connectivity index (χ4n) is 2.60. The van der Waals surface area contributed by atoms with Gasteiger partial charge in [-0.2, -0.15) is 0 Å². The van der Waals surface area contributed by atoms with Crippen LogP contribution in [0.5, 0.6) is 0 Å². The normalized spacial score (nSPS) is 11.0. The van der Waals surface area contributed by atoms with Gasteiger partial charge in [-0.15, -0.1) is 0 Å². The van der Waals surface area contributed by atoms with Crippen LogP contribution in [0.25, 0.3) is 22.4 Å². The smallest absolute Gasteiger partial charge is 0.332 e. The molecule has 134 valence electrons. The van der Waals surface area contributed by atoms with Crippen molar-refractivity contribution in [1.29, 1.82) is 0 Å². The number of hydrogen-bond donors (Lipinski definition) is 0. The molecule has 0 radical (unpaired) electrons. The number of fused-ring (bicyclic) bond motifs is 1. The minimum absolute atomic E-state index is 0.109. The molecule has 0 fully saturated rings. The Morgan fingerprint density at radius 1 is 1.15 bits per heavy atom. The van der Waals surface area contributed by atoms with E-state index < -0.39 is 17.2 Å². The molecule has 0 unspecified atom stereocenters. The summed E-state index contributed by atoms with van der Waals surface area (Å²) < 4.78 is 2.20. The van der Waals surface area contributed by atoms with Crippen molar-refractivity contribution in [2.24, 2.45) is 14.1 Å². The van der Waals surface area contributed by atoms with Gasteiger partial charge in [-0.3, -0.25) is 13.9 Å². The third-order valence-corrected chi connectivity index (χ3v) is 4.93. The molecule has 0 atom stereocenters. The number of aryl methyl sites for hydroxylation is 2. The number of carbonyl (C=O) groups is 1. The molecule has 3 aromatic rings. The number of aromatic nitrogens is 4. The minimum atomic E-state index is -1.28. The van der Waals surface area contributed by atoms with Crippen LogP contribution in [-0.2, 0) is 18.9 Å². The Labute approximate surface area is 152 Å². The predicted octanol–water partition coefficient (Wildman–Crippen LogP) is -0.155. The van der Waals surface area contributed by atoms with Gasteiger partial charge < -0.3 is 9.90 Å². The van der Waals surface area contributed by atoms with Gasteiger partial charge in [0.05, 0.1) is 5.97 Å². The lowest BCUT2D eigenvalue weighted by Crippen LogP contribution is -2.37. The maximum absolute atomic E-state index is 12.6. The van der Waals surface area contributed by atoms with E-state index in [4.69, 9.17) is 0 Å². The summed E-state index contributed by atoms with van der Waals surface area (Å²) in [5, 5.41) is 11.2. The average molecular weight is 371 g/mol. The largest absolute Gasteiger partial charge is 0.549 e. The van der Waals surface area contributed by atoms with Crippen molar-refractivity contribution in [3.8, 4) is 11.4 Å². The quantitative estimate of drug-likeness (QED) is 0.463. The molecule has 0 amide bonds. The lowest BCUT2D eigenvalue weighted by molar-refractivity contribution is -0.301. The van der Waals surface area contributed by atoms with Crippen LogP contribution in [0.2, 0.25) is 0 Å². The first-order chi connectivity index (χ1) is 12.3. The first kappa shape index (κ1) is 17.9. The molecule has 26 heavy (non-hydrogen) atoms. The Balaban J connectivity index is 2.40. The molecule has 0 aliphatic carbocycles. The van der Waals surface area contributed by atoms with E-state index in [1.807, 2.05) is 31.2 Å². The Bertz CT molecular complexity index is 1150. The number of carbonyl (C=O) groups excluding carboxylic acids is 1. The third kappa shape index (κ3) is 3.01. The number of aliphatic carboxylic acids is 1. The number of carboxylic acids is 1. The lowest BCUT2D eigenvalue weighted by Gasteiger charge is -2.13. The SMILES string of the molecule is Cc1ccccc1-c1nc(SCC(=O)[O-])c2c(=O)n(C)c(=O)n(C)c2n1. The zero-order valence-electron chi connectivity index (χ0n) is 14.3. The second-order valence-corrected chi connectivity index (χ2v) is 6.70. The summed E-state index contributed by atoms with van der Waals surface area (Å²) in [6, 6.07) is 7.41. The van der Waals surface area contributed by atoms with E-state index in [-0.39, 0.29) is 21.8 Å². The Morgan fingerprint density at radius 2 is 1.85 bits per heavy atom. The Hall–Kier alpha value is -2.94. The van der Waals surface area contributed by atoms with Crippen molar-refractivity contribution in [1.82, 2.24) is 19.1 Å². The molecule has 9 heteroatoms. The van der Waals surface area contributed by atoms with Crippen molar-refractivity contribution < 1.29 is 9.90 Å². The summed E-state index contributed by atoms with van der Waals surface area (Å²) >= 11 is 0.868. The van der Waals surface area contributed by atoms with Gasteiger partial charge in [0, 0.05) is 25.4 Å². The van der Waals surface area contributed by atoms with Crippen molar-refractivity contribution in [3.05, 3.63) is 50.7 Å². The average Bonchev–Trinajstić information content (AvgIpc) is 2.62. The fraction of sp³-hybridized carbons (Fsp3) is 0.235. The highest BCUT2D eigenvalue weighted by atomic mass is 32.2. The zero-order valence-corrected chi connectivity index (χ0v) is 15.2. The molecule has 0 saturated carbocycles. The number of hydrogen-bond acceptors (Lipinski definition) is 7. The molecule has 0 bridgehead atoms. The van der Waals surface area contributed by atoms with E-state index >= 15 is 0 Å². The van der Waals surface area contributed by atoms with Crippen LogP contribution < -0.4 is 16.4 Å². The molecule has 1 aromatic carbocycles. The van der Waals surface area contributed by atoms with E-state index in [1.54, 1.807) is 0 Å². The molecular weight excluding hydrogens is 356 g/mol. The van der Waals surface area contributed by atoms with Crippen LogP contribution in [-0.4, -0.2) is 30.8 Å². The lowest BCUT2D eigenvalue weighted by atomic mass is 10.1. The van der Waals surface area contributed by atoms with Crippen molar-refractivity contribution >= 4 is 28.8 Å². The summed E-state index contributed by atoms with van der Waals surface area (Å²) in [7, 11) is 2.86. The first-order valence-electron chi connectivity index (χ1n) is 7.67. The van der Waals surface area contributed by atoms with Gasteiger partial charge in [0.15, 0.2) is 11.5 Å². The van der Waals surface area contributed by atoms with Crippen LogP contribution in [0, 0.1) is 6.92 Å². The Kier molecular flexibility index (Phi) is 4.64. The van der Waals surface area contributed by atoms with Gasteiger partial charge in [-0.25, -0.2) is 14.8 Å². The van der Waals surface area contributed by atoms with Crippen LogP contribution in [0.4, 0.5) is 0 Å². The van der Waals surface area contributed by atoms with Crippen LogP contribution >= 0.6 is 11.8 Å². The van der Waals surface area contributed by atoms with Crippen LogP contribution in [0.3, 0.4) is 0 Å². The van der Waals surface area contributed by atoms with Gasteiger partial charge in [-0.05, 0) is 12.5 Å². The maximum Gasteiger partial charge on any atom is 0.332 e. The molecule has 0 spiro atoms. The highest BCUT2D eigenvalue weighted by Crippen LogP contribution is 2.27. The highest BCUT2D eigenvalue weighted by molar-refractivity contribution is 8.00. The maximum atomic E-state index is 12.6. The molecule has 2 heterocycles. The van der Waals surface area contributed by atoms with E-state index in [2.05, 4.69) is 9.97 Å². The van der Waals surface area contributed by atoms with E-state index in [9.17, 15) is 19.5 Å². The van der Waals surface area contributed by atoms with Crippen molar-refractivity contribution in [2.75, 3.05) is 5.75 Å². The molecule has 8 nitrogen and oxygen atoms in total. The van der Waals surface area contributed by atoms with Gasteiger partial charge in [-0.1, -0.05) is 36.0 Å². The number of nitrogens with zero attached hydrogens (tertiary/aromatic N) is 4. The highest BCUT2D eigenvalue weighted by Gasteiger charge is 2.18. The van der Waals surface area contributed by atoms with Crippen LogP contribution in [0.15, 0.2) is 38.9 Å². The number of thioether (sulfide) groups is 1. The molecule has 0 aliphatic rings. The molecule has 2 aromatic heterocycles. The summed E-state index contributed by atoms with van der Waals surface area (Å²) in [5.41, 5.74) is 0.717. The monoisotopic (exact) mass is 371 g/mol. The molecule has 0 aliphatic heterocycles.